The van der Waals surface area contributed by atoms with Crippen molar-refractivity contribution in [3.8, 4) is 0 Å². The number of carbonyl (C=O) groups is 1. The van der Waals surface area contributed by atoms with Gasteiger partial charge in [0.05, 0.1) is 12.0 Å². The molecule has 0 aromatic heterocycles. The molecule has 0 spiro atoms. The van der Waals surface area contributed by atoms with Gasteiger partial charge in [-0.1, -0.05) is 17.7 Å². The molecule has 1 aliphatic rings. The molecule has 1 aromatic rings. The number of nitrogens with zero attached hydrogens (tertiary/aromatic N) is 1. The predicted molar refractivity (Wildman–Crippen MR) is 51.5 cm³/mol. The van der Waals surface area contributed by atoms with Crippen molar-refractivity contribution in [3.63, 3.8) is 0 Å². The zero-order valence-corrected chi connectivity index (χ0v) is 7.45. The van der Waals surface area contributed by atoms with Crippen LogP contribution in [0.15, 0.2) is 23.2 Å². The van der Waals surface area contributed by atoms with Crippen molar-refractivity contribution >= 4 is 29.9 Å². The maximum Gasteiger partial charge on any atom is 0.146 e. The molecular weight excluding hydrogens is 188 g/mol. The van der Waals surface area contributed by atoms with Crippen molar-refractivity contribution in [2.24, 2.45) is 4.99 Å². The van der Waals surface area contributed by atoms with Crippen LogP contribution < -0.4 is 5.32 Å². The summed E-state index contributed by atoms with van der Waals surface area (Å²) in [5, 5.41) is 3.47. The van der Waals surface area contributed by atoms with Gasteiger partial charge in [-0.2, -0.15) is 0 Å². The first-order chi connectivity index (χ1) is 6.31. The van der Waals surface area contributed by atoms with Gasteiger partial charge in [0.1, 0.15) is 12.3 Å². The lowest BCUT2D eigenvalue weighted by Gasteiger charge is -2.17. The molecule has 1 unspecified atom stereocenters. The number of benzene rings is 1. The van der Waals surface area contributed by atoms with Gasteiger partial charge < -0.3 is 10.1 Å². The van der Waals surface area contributed by atoms with Gasteiger partial charge in [0, 0.05) is 10.6 Å². The summed E-state index contributed by atoms with van der Waals surface area (Å²) in [7, 11) is 0. The molecule has 1 N–H and O–H groups in total. The number of rotatable bonds is 1. The molecule has 0 fully saturated rings. The molecule has 1 heterocycles. The van der Waals surface area contributed by atoms with Crippen LogP contribution >= 0.6 is 11.6 Å². The SMILES string of the molecule is O=CC1NC=Nc2cc(Cl)ccc21. The second-order valence-electron chi connectivity index (χ2n) is 2.74. The molecule has 0 aliphatic carbocycles. The third kappa shape index (κ3) is 1.42. The Kier molecular flexibility index (Phi) is 2.02. The molecule has 4 heteroatoms. The van der Waals surface area contributed by atoms with E-state index in [1.165, 1.54) is 6.34 Å². The highest BCUT2D eigenvalue weighted by atomic mass is 35.5. The predicted octanol–water partition coefficient (Wildman–Crippen LogP) is 1.84. The van der Waals surface area contributed by atoms with Gasteiger partial charge >= 0.3 is 0 Å². The van der Waals surface area contributed by atoms with E-state index >= 15 is 0 Å². The second kappa shape index (κ2) is 3.18. The fourth-order valence-corrected chi connectivity index (χ4v) is 1.45. The third-order valence-corrected chi connectivity index (χ3v) is 2.16. The van der Waals surface area contributed by atoms with Crippen LogP contribution in [0.3, 0.4) is 0 Å². The first kappa shape index (κ1) is 8.26. The molecule has 13 heavy (non-hydrogen) atoms. The summed E-state index contributed by atoms with van der Waals surface area (Å²) < 4.78 is 0. The maximum atomic E-state index is 10.7. The number of nitrogens with one attached hydrogen (secondary N) is 1. The average molecular weight is 195 g/mol. The van der Waals surface area contributed by atoms with E-state index in [0.29, 0.717) is 5.02 Å². The molecule has 1 atom stereocenters. The van der Waals surface area contributed by atoms with E-state index in [9.17, 15) is 4.79 Å². The van der Waals surface area contributed by atoms with Crippen molar-refractivity contribution in [3.05, 3.63) is 28.8 Å². The number of fused-ring (bicyclic) bond motifs is 1. The Morgan fingerprint density at radius 3 is 3.15 bits per heavy atom. The van der Waals surface area contributed by atoms with Crippen LogP contribution in [0.2, 0.25) is 5.02 Å². The summed E-state index contributed by atoms with van der Waals surface area (Å²) in [6.45, 7) is 0. The fourth-order valence-electron chi connectivity index (χ4n) is 1.28. The highest BCUT2D eigenvalue weighted by Gasteiger charge is 2.16. The van der Waals surface area contributed by atoms with E-state index in [2.05, 4.69) is 10.3 Å². The van der Waals surface area contributed by atoms with Gasteiger partial charge in [0.2, 0.25) is 0 Å². The van der Waals surface area contributed by atoms with Crippen LogP contribution in [-0.2, 0) is 4.79 Å². The quantitative estimate of drug-likeness (QED) is 0.694. The largest absolute Gasteiger partial charge is 0.363 e. The number of hydrogen-bond acceptors (Lipinski definition) is 3. The van der Waals surface area contributed by atoms with Gasteiger partial charge in [-0.15, -0.1) is 0 Å². The summed E-state index contributed by atoms with van der Waals surface area (Å²) in [4.78, 5) is 14.7. The standard InChI is InChI=1S/C9H7ClN2O/c10-6-1-2-7-8(3-6)11-5-12-9(7)4-13/h1-5,9H,(H,11,12). The topological polar surface area (TPSA) is 41.5 Å². The molecule has 0 bridgehead atoms. The van der Waals surface area contributed by atoms with Crippen LogP contribution in [0.1, 0.15) is 11.6 Å². The van der Waals surface area contributed by atoms with Crippen LogP contribution in [0.25, 0.3) is 0 Å². The summed E-state index contributed by atoms with van der Waals surface area (Å²) in [5.41, 5.74) is 1.62. The van der Waals surface area contributed by atoms with E-state index in [4.69, 9.17) is 11.6 Å². The Morgan fingerprint density at radius 1 is 1.54 bits per heavy atom. The van der Waals surface area contributed by atoms with Crippen LogP contribution in [0.4, 0.5) is 5.69 Å². The molecule has 2 rings (SSSR count). The molecule has 3 nitrogen and oxygen atoms in total. The minimum absolute atomic E-state index is 0.301. The molecule has 1 aromatic carbocycles. The van der Waals surface area contributed by atoms with Gasteiger partial charge in [-0.3, -0.25) is 0 Å². The minimum atomic E-state index is -0.301. The van der Waals surface area contributed by atoms with Crippen LogP contribution in [-0.4, -0.2) is 12.6 Å². The van der Waals surface area contributed by atoms with Crippen LogP contribution in [0.5, 0.6) is 0 Å². The summed E-state index contributed by atoms with van der Waals surface area (Å²) in [6, 6.07) is 4.99. The van der Waals surface area contributed by atoms with Crippen molar-refractivity contribution < 1.29 is 4.79 Å². The molecule has 1 aliphatic heterocycles. The van der Waals surface area contributed by atoms with E-state index in [1.807, 2.05) is 0 Å². The van der Waals surface area contributed by atoms with Crippen molar-refractivity contribution in [1.29, 1.82) is 0 Å². The highest BCUT2D eigenvalue weighted by Crippen LogP contribution is 2.29. The van der Waals surface area contributed by atoms with Crippen molar-refractivity contribution in [2.45, 2.75) is 6.04 Å². The smallest absolute Gasteiger partial charge is 0.146 e. The Morgan fingerprint density at radius 2 is 2.38 bits per heavy atom. The Hall–Kier alpha value is -1.35. The molecular formula is C9H7ClN2O. The molecule has 66 valence electrons. The number of carbonyl (C=O) groups excluding carboxylic acids is 1. The van der Waals surface area contributed by atoms with Gasteiger partial charge in [-0.25, -0.2) is 4.99 Å². The first-order valence-corrected chi connectivity index (χ1v) is 4.22. The Labute approximate surface area is 80.4 Å². The van der Waals surface area contributed by atoms with E-state index in [-0.39, 0.29) is 6.04 Å². The monoisotopic (exact) mass is 194 g/mol. The van der Waals surface area contributed by atoms with Gasteiger partial charge in [0.25, 0.3) is 0 Å². The summed E-state index contributed by atoms with van der Waals surface area (Å²) in [5.74, 6) is 0. The Bertz CT molecular complexity index is 376. The number of halogens is 1. The normalized spacial score (nSPS) is 19.0. The van der Waals surface area contributed by atoms with Crippen LogP contribution in [0, 0.1) is 0 Å². The van der Waals surface area contributed by atoms with E-state index in [0.717, 1.165) is 17.5 Å². The Balaban J connectivity index is 2.53. The fraction of sp³-hybridized carbons (Fsp3) is 0.111. The molecule has 0 radical (unpaired) electrons. The molecule has 0 saturated carbocycles. The summed E-state index contributed by atoms with van der Waals surface area (Å²) in [6.07, 6.45) is 2.36. The lowest BCUT2D eigenvalue weighted by molar-refractivity contribution is -0.109. The minimum Gasteiger partial charge on any atom is -0.363 e. The lowest BCUT2D eigenvalue weighted by Crippen LogP contribution is -2.23. The number of aldehydes is 1. The van der Waals surface area contributed by atoms with Crippen molar-refractivity contribution in [1.82, 2.24) is 5.32 Å². The van der Waals surface area contributed by atoms with E-state index in [1.54, 1.807) is 18.2 Å². The zero-order chi connectivity index (χ0) is 9.26. The summed E-state index contributed by atoms with van der Waals surface area (Å²) >= 11 is 5.78. The molecule has 0 saturated heterocycles. The third-order valence-electron chi connectivity index (χ3n) is 1.92. The lowest BCUT2D eigenvalue weighted by atomic mass is 10.1. The second-order valence-corrected chi connectivity index (χ2v) is 3.18. The highest BCUT2D eigenvalue weighted by molar-refractivity contribution is 6.30. The first-order valence-electron chi connectivity index (χ1n) is 3.84. The number of hydrogen-bond donors (Lipinski definition) is 1. The zero-order valence-electron chi connectivity index (χ0n) is 6.70. The maximum absolute atomic E-state index is 10.7. The molecule has 0 amide bonds. The average Bonchev–Trinajstić information content (AvgIpc) is 2.16. The number of aliphatic imine (C=N–C) groups is 1. The van der Waals surface area contributed by atoms with Crippen molar-refractivity contribution in [2.75, 3.05) is 0 Å². The van der Waals surface area contributed by atoms with Gasteiger partial charge in [0.15, 0.2) is 0 Å². The van der Waals surface area contributed by atoms with E-state index < -0.39 is 0 Å². The van der Waals surface area contributed by atoms with Gasteiger partial charge in [-0.05, 0) is 12.1 Å².